The molecule has 5 rings (SSSR count). The minimum atomic E-state index is -0.311. The molecule has 3 aromatic heterocycles. The molecule has 5 nitrogen and oxygen atoms in total. The molecule has 1 saturated heterocycles. The molecule has 2 fully saturated rings. The predicted octanol–water partition coefficient (Wildman–Crippen LogP) is 4.25. The molecule has 25 heavy (non-hydrogen) atoms. The van der Waals surface area contributed by atoms with Gasteiger partial charge in [-0.15, -0.1) is 11.3 Å². The normalized spacial score (nSPS) is 20.7. The van der Waals surface area contributed by atoms with Gasteiger partial charge in [0.25, 0.3) is 0 Å². The zero-order valence-corrected chi connectivity index (χ0v) is 15.4. The van der Waals surface area contributed by atoms with E-state index in [1.807, 2.05) is 24.0 Å². The van der Waals surface area contributed by atoms with E-state index in [0.717, 1.165) is 60.5 Å². The Morgan fingerprint density at radius 3 is 2.72 bits per heavy atom. The van der Waals surface area contributed by atoms with Crippen LogP contribution in [0.1, 0.15) is 37.2 Å². The van der Waals surface area contributed by atoms with Crippen molar-refractivity contribution in [2.45, 2.75) is 37.4 Å². The molecule has 0 unspecified atom stereocenters. The Kier molecular flexibility index (Phi) is 3.85. The van der Waals surface area contributed by atoms with Gasteiger partial charge in [-0.25, -0.2) is 9.97 Å². The summed E-state index contributed by atoms with van der Waals surface area (Å²) in [7, 11) is 0. The van der Waals surface area contributed by atoms with Crippen molar-refractivity contribution in [3.8, 4) is 10.6 Å². The molecular weight excluding hydrogens is 354 g/mol. The number of nitrogens with zero attached hydrogens (tertiary/aromatic N) is 3. The summed E-state index contributed by atoms with van der Waals surface area (Å²) < 4.78 is 13.5. The highest BCUT2D eigenvalue weighted by Crippen LogP contribution is 2.43. The van der Waals surface area contributed by atoms with Crippen LogP contribution in [0.5, 0.6) is 0 Å². The number of hydrogen-bond acceptors (Lipinski definition) is 6. The highest BCUT2D eigenvalue weighted by molar-refractivity contribution is 7.78. The number of thiol groups is 1. The van der Waals surface area contributed by atoms with Crippen molar-refractivity contribution in [1.29, 1.82) is 0 Å². The molecule has 130 valence electrons. The lowest BCUT2D eigenvalue weighted by molar-refractivity contribution is -0.178. The summed E-state index contributed by atoms with van der Waals surface area (Å²) >= 11 is 6.16. The molecule has 0 aromatic carbocycles. The van der Waals surface area contributed by atoms with Crippen molar-refractivity contribution in [3.05, 3.63) is 35.6 Å². The van der Waals surface area contributed by atoms with Crippen molar-refractivity contribution in [1.82, 2.24) is 13.9 Å². The van der Waals surface area contributed by atoms with E-state index >= 15 is 0 Å². The molecule has 1 saturated carbocycles. The molecular formula is C18H19N3O2S2. The largest absolute Gasteiger partial charge is 0.348 e. The lowest BCUT2D eigenvalue weighted by Crippen LogP contribution is -2.34. The van der Waals surface area contributed by atoms with E-state index in [1.54, 1.807) is 15.3 Å². The monoisotopic (exact) mass is 373 g/mol. The summed E-state index contributed by atoms with van der Waals surface area (Å²) in [5, 5.41) is 4.12. The molecule has 2 aliphatic rings. The lowest BCUT2D eigenvalue weighted by Gasteiger charge is -2.35. The van der Waals surface area contributed by atoms with Crippen molar-refractivity contribution in [3.63, 3.8) is 0 Å². The fourth-order valence-electron chi connectivity index (χ4n) is 4.03. The van der Waals surface area contributed by atoms with Gasteiger partial charge in [-0.2, -0.15) is 0 Å². The molecule has 1 spiro atoms. The number of pyridine rings is 1. The Morgan fingerprint density at radius 1 is 1.20 bits per heavy atom. The van der Waals surface area contributed by atoms with E-state index in [1.165, 1.54) is 5.56 Å². The van der Waals surface area contributed by atoms with Crippen LogP contribution in [0, 0.1) is 0 Å². The predicted molar refractivity (Wildman–Crippen MR) is 101 cm³/mol. The second-order valence-electron chi connectivity index (χ2n) is 6.75. The van der Waals surface area contributed by atoms with Gasteiger partial charge in [0.15, 0.2) is 5.79 Å². The van der Waals surface area contributed by atoms with Crippen LogP contribution in [0.2, 0.25) is 0 Å². The summed E-state index contributed by atoms with van der Waals surface area (Å²) in [6.07, 6.45) is 9.90. The average Bonchev–Trinajstić information content (AvgIpc) is 3.37. The van der Waals surface area contributed by atoms with E-state index < -0.39 is 0 Å². The van der Waals surface area contributed by atoms with E-state index in [9.17, 15) is 0 Å². The fourth-order valence-corrected chi connectivity index (χ4v) is 4.97. The number of hydrogen-bond donors (Lipinski definition) is 1. The molecule has 0 bridgehead atoms. The zero-order chi connectivity index (χ0) is 16.9. The topological polar surface area (TPSA) is 49.2 Å². The van der Waals surface area contributed by atoms with Gasteiger partial charge in [0.05, 0.1) is 13.2 Å². The molecule has 0 amide bonds. The number of rotatable bonds is 2. The van der Waals surface area contributed by atoms with E-state index in [0.29, 0.717) is 5.92 Å². The quantitative estimate of drug-likeness (QED) is 0.682. The van der Waals surface area contributed by atoms with Gasteiger partial charge in [-0.3, -0.25) is 3.97 Å². The molecule has 1 aliphatic carbocycles. The third-order valence-corrected chi connectivity index (χ3v) is 6.45. The fraction of sp³-hybridized carbons (Fsp3) is 0.444. The third kappa shape index (κ3) is 2.70. The van der Waals surface area contributed by atoms with E-state index in [4.69, 9.17) is 9.47 Å². The third-order valence-electron chi connectivity index (χ3n) is 5.34. The Hall–Kier alpha value is -1.41. The first-order valence-electron chi connectivity index (χ1n) is 8.62. The number of aromatic nitrogens is 3. The van der Waals surface area contributed by atoms with Gasteiger partial charge < -0.3 is 9.47 Å². The second kappa shape index (κ2) is 6.09. The van der Waals surface area contributed by atoms with Crippen molar-refractivity contribution in [2.75, 3.05) is 13.2 Å². The molecule has 1 aliphatic heterocycles. The van der Waals surface area contributed by atoms with Gasteiger partial charge >= 0.3 is 0 Å². The van der Waals surface area contributed by atoms with Crippen LogP contribution in [-0.2, 0) is 9.47 Å². The van der Waals surface area contributed by atoms with Gasteiger partial charge in [0, 0.05) is 47.8 Å². The highest BCUT2D eigenvalue weighted by Gasteiger charge is 2.40. The van der Waals surface area contributed by atoms with Gasteiger partial charge in [-0.05, 0) is 30.4 Å². The molecule has 0 radical (unpaired) electrons. The first-order valence-corrected chi connectivity index (χ1v) is 9.90. The Bertz CT molecular complexity index is 891. The Morgan fingerprint density at radius 2 is 2.00 bits per heavy atom. The van der Waals surface area contributed by atoms with Crippen molar-refractivity contribution < 1.29 is 9.47 Å². The van der Waals surface area contributed by atoms with Crippen molar-refractivity contribution in [2.24, 2.45) is 0 Å². The molecule has 0 atom stereocenters. The molecule has 0 N–H and O–H groups in total. The van der Waals surface area contributed by atoms with Crippen LogP contribution in [-0.4, -0.2) is 32.9 Å². The summed E-state index contributed by atoms with van der Waals surface area (Å²) in [4.78, 5) is 9.13. The summed E-state index contributed by atoms with van der Waals surface area (Å²) in [5.41, 5.74) is 3.27. The highest BCUT2D eigenvalue weighted by atomic mass is 32.1. The standard InChI is InChI=1S/C18H19N3O2S2/c24-21-11-15(17-19-5-8-25-17)14-9-13(10-20-16(14)21)12-1-3-18(4-2-12)22-6-7-23-18/h5,8-12,24H,1-4,6-7H2. The maximum Gasteiger partial charge on any atom is 0.168 e. The van der Waals surface area contributed by atoms with Crippen LogP contribution in [0.3, 0.4) is 0 Å². The maximum atomic E-state index is 5.85. The smallest absolute Gasteiger partial charge is 0.168 e. The molecule has 4 heterocycles. The molecule has 7 heteroatoms. The minimum absolute atomic E-state index is 0.311. The van der Waals surface area contributed by atoms with Crippen LogP contribution >= 0.6 is 24.2 Å². The minimum Gasteiger partial charge on any atom is -0.348 e. The van der Waals surface area contributed by atoms with Crippen LogP contribution < -0.4 is 0 Å². The first-order chi connectivity index (χ1) is 12.2. The lowest BCUT2D eigenvalue weighted by atomic mass is 9.81. The average molecular weight is 374 g/mol. The van der Waals surface area contributed by atoms with E-state index in [-0.39, 0.29) is 5.79 Å². The van der Waals surface area contributed by atoms with E-state index in [2.05, 4.69) is 28.8 Å². The van der Waals surface area contributed by atoms with Crippen molar-refractivity contribution >= 4 is 35.2 Å². The van der Waals surface area contributed by atoms with Crippen LogP contribution in [0.4, 0.5) is 0 Å². The SMILES string of the molecule is Sn1cc(-c2nccs2)c2cc(C3CCC4(CC3)OCCO4)cnc21. The summed E-state index contributed by atoms with van der Waals surface area (Å²) in [5.74, 6) is 0.192. The molecule has 3 aromatic rings. The maximum absolute atomic E-state index is 5.85. The van der Waals surface area contributed by atoms with Crippen LogP contribution in [0.25, 0.3) is 21.6 Å². The second-order valence-corrected chi connectivity index (χ2v) is 8.07. The summed E-state index contributed by atoms with van der Waals surface area (Å²) in [6.45, 7) is 1.45. The zero-order valence-electron chi connectivity index (χ0n) is 13.7. The Balaban J connectivity index is 1.47. The number of thiazole rings is 1. The summed E-state index contributed by atoms with van der Waals surface area (Å²) in [6, 6.07) is 2.27. The van der Waals surface area contributed by atoms with Crippen LogP contribution in [0.15, 0.2) is 30.0 Å². The van der Waals surface area contributed by atoms with Gasteiger partial charge in [0.1, 0.15) is 10.7 Å². The van der Waals surface area contributed by atoms with Gasteiger partial charge in [0.2, 0.25) is 0 Å². The number of ether oxygens (including phenoxy) is 2. The first kappa shape index (κ1) is 15.8. The van der Waals surface area contributed by atoms with Gasteiger partial charge in [-0.1, -0.05) is 12.8 Å². The number of fused-ring (bicyclic) bond motifs is 1. The Labute approximate surface area is 155 Å².